The number of methoxy groups -OCH3 is 2. The summed E-state index contributed by atoms with van der Waals surface area (Å²) >= 11 is 3.47. The van der Waals surface area contributed by atoms with E-state index in [9.17, 15) is 0 Å². The molecule has 0 radical (unpaired) electrons. The lowest BCUT2D eigenvalue weighted by atomic mass is 10.1. The summed E-state index contributed by atoms with van der Waals surface area (Å²) < 4.78 is 11.5. The number of aliphatic imine (C=N–C) groups is 1. The van der Waals surface area contributed by atoms with E-state index >= 15 is 0 Å². The molecule has 0 unspecified atom stereocenters. The van der Waals surface area contributed by atoms with Crippen molar-refractivity contribution in [3.05, 3.63) is 51.5 Å². The van der Waals surface area contributed by atoms with Crippen LogP contribution >= 0.6 is 15.9 Å². The minimum absolute atomic E-state index is 0.365. The molecule has 3 N–H and O–H groups in total. The molecule has 128 valence electrons. The third-order valence-electron chi connectivity index (χ3n) is 3.70. The van der Waals surface area contributed by atoms with Gasteiger partial charge in [0.15, 0.2) is 17.5 Å². The topological polar surface area (TPSA) is 68.9 Å². The number of guanidine groups is 1. The second-order valence-electron chi connectivity index (χ2n) is 5.44. The van der Waals surface area contributed by atoms with Crippen molar-refractivity contribution < 1.29 is 9.47 Å². The molecule has 0 spiro atoms. The van der Waals surface area contributed by atoms with Crippen molar-refractivity contribution in [2.24, 2.45) is 10.7 Å². The van der Waals surface area contributed by atoms with Crippen molar-refractivity contribution in [3.8, 4) is 11.5 Å². The maximum Gasteiger partial charge on any atom is 0.193 e. The Morgan fingerprint density at radius 2 is 1.88 bits per heavy atom. The summed E-state index contributed by atoms with van der Waals surface area (Å²) in [5.74, 6) is 1.67. The van der Waals surface area contributed by atoms with Crippen LogP contribution in [0.3, 0.4) is 0 Å². The maximum absolute atomic E-state index is 5.98. The van der Waals surface area contributed by atoms with Crippen molar-refractivity contribution in [3.63, 3.8) is 0 Å². The second kappa shape index (κ2) is 8.06. The highest BCUT2D eigenvalue weighted by Gasteiger charge is 2.10. The minimum atomic E-state index is 0.365. The molecule has 2 aromatic rings. The van der Waals surface area contributed by atoms with Gasteiger partial charge in [0.05, 0.1) is 25.2 Å². The number of nitrogens with one attached hydrogen (secondary N) is 1. The monoisotopic (exact) mass is 391 g/mol. The lowest BCUT2D eigenvalue weighted by Crippen LogP contribution is -2.22. The van der Waals surface area contributed by atoms with Gasteiger partial charge in [-0.15, -0.1) is 0 Å². The van der Waals surface area contributed by atoms with Gasteiger partial charge in [-0.1, -0.05) is 6.07 Å². The number of nitrogens with two attached hydrogens (primary N) is 1. The molecule has 0 fully saturated rings. The fourth-order valence-corrected chi connectivity index (χ4v) is 2.90. The molecule has 0 saturated heterocycles. The van der Waals surface area contributed by atoms with Gasteiger partial charge in [-0.3, -0.25) is 0 Å². The number of anilines is 1. The molecule has 6 heteroatoms. The van der Waals surface area contributed by atoms with Crippen LogP contribution in [0.5, 0.6) is 11.5 Å². The number of nitrogens with zero attached hydrogens (tertiary/aromatic N) is 1. The first kappa shape index (κ1) is 18.1. The van der Waals surface area contributed by atoms with Crippen molar-refractivity contribution in [1.82, 2.24) is 0 Å². The summed E-state index contributed by atoms with van der Waals surface area (Å²) in [4.78, 5) is 4.38. The van der Waals surface area contributed by atoms with Gasteiger partial charge in [0.2, 0.25) is 0 Å². The Balaban J connectivity index is 2.12. The number of halogens is 1. The Kier molecular flexibility index (Phi) is 6.09. The number of hydrogen-bond acceptors (Lipinski definition) is 3. The molecule has 0 heterocycles. The average Bonchev–Trinajstić information content (AvgIpc) is 2.55. The Labute approximate surface area is 151 Å². The van der Waals surface area contributed by atoms with Gasteiger partial charge >= 0.3 is 0 Å². The summed E-state index contributed by atoms with van der Waals surface area (Å²) in [7, 11) is 3.21. The Morgan fingerprint density at radius 1 is 1.12 bits per heavy atom. The summed E-state index contributed by atoms with van der Waals surface area (Å²) in [5.41, 5.74) is 10.3. The summed E-state index contributed by atoms with van der Waals surface area (Å²) in [6.07, 6.45) is 0. The smallest absolute Gasteiger partial charge is 0.193 e. The molecule has 2 aromatic carbocycles. The third-order valence-corrected chi connectivity index (χ3v) is 4.29. The Morgan fingerprint density at radius 3 is 2.50 bits per heavy atom. The lowest BCUT2D eigenvalue weighted by Gasteiger charge is -2.11. The molecule has 24 heavy (non-hydrogen) atoms. The third kappa shape index (κ3) is 4.41. The van der Waals surface area contributed by atoms with E-state index in [-0.39, 0.29) is 0 Å². The number of hydrogen-bond donors (Lipinski definition) is 2. The molecule has 0 aliphatic carbocycles. The van der Waals surface area contributed by atoms with E-state index in [2.05, 4.69) is 46.2 Å². The Hall–Kier alpha value is -2.21. The van der Waals surface area contributed by atoms with E-state index in [1.807, 2.05) is 24.3 Å². The number of benzene rings is 2. The van der Waals surface area contributed by atoms with E-state index in [4.69, 9.17) is 15.2 Å². The van der Waals surface area contributed by atoms with E-state index in [1.54, 1.807) is 14.2 Å². The van der Waals surface area contributed by atoms with E-state index in [0.29, 0.717) is 24.0 Å². The van der Waals surface area contributed by atoms with E-state index < -0.39 is 0 Å². The van der Waals surface area contributed by atoms with Crippen LogP contribution in [0.25, 0.3) is 0 Å². The van der Waals surface area contributed by atoms with Crippen LogP contribution in [0.2, 0.25) is 0 Å². The molecular formula is C18H22BrN3O2. The number of rotatable bonds is 5. The predicted octanol–water partition coefficient (Wildman–Crippen LogP) is 4.01. The highest BCUT2D eigenvalue weighted by molar-refractivity contribution is 9.10. The quantitative estimate of drug-likeness (QED) is 0.596. The summed E-state index contributed by atoms with van der Waals surface area (Å²) in [5, 5.41) is 3.11. The van der Waals surface area contributed by atoms with E-state index in [1.165, 1.54) is 11.1 Å². The zero-order valence-corrected chi connectivity index (χ0v) is 15.9. The van der Waals surface area contributed by atoms with Crippen LogP contribution in [-0.2, 0) is 6.54 Å². The van der Waals surface area contributed by atoms with Crippen LogP contribution in [0.1, 0.15) is 16.7 Å². The second-order valence-corrected chi connectivity index (χ2v) is 6.29. The van der Waals surface area contributed by atoms with Gasteiger partial charge in [0, 0.05) is 5.69 Å². The fraction of sp³-hybridized carbons (Fsp3) is 0.278. The average molecular weight is 392 g/mol. The van der Waals surface area contributed by atoms with Crippen LogP contribution in [0.4, 0.5) is 5.69 Å². The zero-order chi connectivity index (χ0) is 17.7. The standard InChI is InChI=1S/C18H22BrN3O2/c1-11-5-6-14(7-12(11)2)22-18(20)21-10-13-8-15(19)17(24-4)16(9-13)23-3/h5-9H,10H2,1-4H3,(H3,20,21,22). The molecule has 0 aromatic heterocycles. The zero-order valence-electron chi connectivity index (χ0n) is 14.3. The molecule has 0 aliphatic rings. The van der Waals surface area contributed by atoms with Crippen molar-refractivity contribution in [1.29, 1.82) is 0 Å². The Bertz CT molecular complexity index is 760. The highest BCUT2D eigenvalue weighted by atomic mass is 79.9. The van der Waals surface area contributed by atoms with Gasteiger partial charge in [-0.2, -0.15) is 0 Å². The minimum Gasteiger partial charge on any atom is -0.493 e. The SMILES string of the molecule is COc1cc(CN=C(N)Nc2ccc(C)c(C)c2)cc(Br)c1OC. The largest absolute Gasteiger partial charge is 0.493 e. The van der Waals surface area contributed by atoms with Gasteiger partial charge < -0.3 is 20.5 Å². The number of aryl methyl sites for hydroxylation is 2. The number of ether oxygens (including phenoxy) is 2. The molecule has 0 saturated carbocycles. The summed E-state index contributed by atoms with van der Waals surface area (Å²) in [6, 6.07) is 9.91. The molecule has 2 rings (SSSR count). The first-order valence-corrected chi connectivity index (χ1v) is 8.28. The molecule has 0 atom stereocenters. The molecule has 0 aliphatic heterocycles. The van der Waals surface area contributed by atoms with Gasteiger partial charge in [0.25, 0.3) is 0 Å². The molecular weight excluding hydrogens is 370 g/mol. The van der Waals surface area contributed by atoms with Crippen LogP contribution in [0, 0.1) is 13.8 Å². The van der Waals surface area contributed by atoms with Gasteiger partial charge in [-0.05, 0) is 70.7 Å². The van der Waals surface area contributed by atoms with Crippen molar-refractivity contribution >= 4 is 27.6 Å². The highest BCUT2D eigenvalue weighted by Crippen LogP contribution is 2.36. The fourth-order valence-electron chi connectivity index (χ4n) is 2.25. The molecule has 5 nitrogen and oxygen atoms in total. The van der Waals surface area contributed by atoms with Crippen LogP contribution in [-0.4, -0.2) is 20.2 Å². The molecule has 0 bridgehead atoms. The normalized spacial score (nSPS) is 11.3. The molecule has 0 amide bonds. The van der Waals surface area contributed by atoms with Gasteiger partial charge in [-0.25, -0.2) is 4.99 Å². The van der Waals surface area contributed by atoms with Crippen molar-refractivity contribution in [2.75, 3.05) is 19.5 Å². The lowest BCUT2D eigenvalue weighted by molar-refractivity contribution is 0.352. The van der Waals surface area contributed by atoms with Crippen LogP contribution in [0.15, 0.2) is 39.8 Å². The van der Waals surface area contributed by atoms with Crippen LogP contribution < -0.4 is 20.5 Å². The maximum atomic E-state index is 5.98. The first-order chi connectivity index (χ1) is 11.4. The van der Waals surface area contributed by atoms with Gasteiger partial charge in [0.1, 0.15) is 0 Å². The van der Waals surface area contributed by atoms with Crippen molar-refractivity contribution in [2.45, 2.75) is 20.4 Å². The van der Waals surface area contributed by atoms with E-state index in [0.717, 1.165) is 15.7 Å². The predicted molar refractivity (Wildman–Crippen MR) is 102 cm³/mol. The first-order valence-electron chi connectivity index (χ1n) is 7.49. The summed E-state index contributed by atoms with van der Waals surface area (Å²) in [6.45, 7) is 4.57.